The van der Waals surface area contributed by atoms with Gasteiger partial charge in [-0.05, 0) is 25.0 Å². The zero-order chi connectivity index (χ0) is 21.7. The number of benzene rings is 1. The summed E-state index contributed by atoms with van der Waals surface area (Å²) in [7, 11) is 0. The number of nitrogens with zero attached hydrogens (tertiary/aromatic N) is 1. The van der Waals surface area contributed by atoms with E-state index in [2.05, 4.69) is 15.6 Å². The Hall–Kier alpha value is -2.48. The van der Waals surface area contributed by atoms with Gasteiger partial charge in [0.25, 0.3) is 5.91 Å². The number of halogens is 1. The van der Waals surface area contributed by atoms with Crippen molar-refractivity contribution in [2.45, 2.75) is 65.1 Å². The summed E-state index contributed by atoms with van der Waals surface area (Å²) in [5, 5.41) is 8.37. The number of carbonyl (C=O) groups is 2. The summed E-state index contributed by atoms with van der Waals surface area (Å²) in [5.74, 6) is -0.578. The number of carbonyl (C=O) groups excluding carboxylic acids is 2. The number of hydrogen-bond acceptors (Lipinski definition) is 5. The zero-order valence-corrected chi connectivity index (χ0v) is 18.4. The smallest absolute Gasteiger partial charge is 0.271 e. The average molecular weight is 434 g/mol. The van der Waals surface area contributed by atoms with Gasteiger partial charge in [0.1, 0.15) is 17.3 Å². The molecule has 1 aliphatic carbocycles. The summed E-state index contributed by atoms with van der Waals surface area (Å²) in [6.07, 6.45) is 3.68. The van der Waals surface area contributed by atoms with Crippen LogP contribution in [0.5, 0.6) is 5.75 Å². The highest BCUT2D eigenvalue weighted by Gasteiger charge is 2.31. The van der Waals surface area contributed by atoms with Crippen LogP contribution in [-0.4, -0.2) is 28.9 Å². The highest BCUT2D eigenvalue weighted by atomic mass is 32.1. The second-order valence-corrected chi connectivity index (χ2v) is 9.48. The molecule has 0 spiro atoms. The normalized spacial score (nSPS) is 19.2. The Morgan fingerprint density at radius 2 is 1.83 bits per heavy atom. The van der Waals surface area contributed by atoms with Gasteiger partial charge < -0.3 is 15.4 Å². The lowest BCUT2D eigenvalue weighted by Gasteiger charge is -2.34. The summed E-state index contributed by atoms with van der Waals surface area (Å²) in [4.78, 5) is 29.4. The Morgan fingerprint density at radius 1 is 1.17 bits per heavy atom. The molecule has 0 bridgehead atoms. The number of nitrogens with one attached hydrogen (secondary N) is 2. The molecule has 1 fully saturated rings. The van der Waals surface area contributed by atoms with E-state index in [1.807, 2.05) is 20.8 Å². The first-order valence-corrected chi connectivity index (χ1v) is 11.1. The van der Waals surface area contributed by atoms with Crippen LogP contribution in [0.2, 0.25) is 0 Å². The van der Waals surface area contributed by atoms with Gasteiger partial charge in [0.2, 0.25) is 5.91 Å². The number of aromatic nitrogens is 1. The van der Waals surface area contributed by atoms with Gasteiger partial charge in [-0.25, -0.2) is 9.37 Å². The van der Waals surface area contributed by atoms with E-state index in [0.29, 0.717) is 10.7 Å². The van der Waals surface area contributed by atoms with Crippen LogP contribution in [0.1, 0.15) is 62.0 Å². The van der Waals surface area contributed by atoms with Crippen molar-refractivity contribution in [2.24, 2.45) is 5.41 Å². The van der Waals surface area contributed by atoms with E-state index in [-0.39, 0.29) is 36.3 Å². The minimum Gasteiger partial charge on any atom is -0.483 e. The quantitative estimate of drug-likeness (QED) is 0.720. The predicted molar refractivity (Wildman–Crippen MR) is 114 cm³/mol. The van der Waals surface area contributed by atoms with Gasteiger partial charge in [0.05, 0.1) is 0 Å². The fraction of sp³-hybridized carbons (Fsp3) is 0.500. The van der Waals surface area contributed by atoms with Crippen molar-refractivity contribution in [1.82, 2.24) is 15.6 Å². The molecule has 2 N–H and O–H groups in total. The second kappa shape index (κ2) is 9.55. The van der Waals surface area contributed by atoms with E-state index in [4.69, 9.17) is 4.74 Å². The lowest BCUT2D eigenvalue weighted by atomic mass is 9.88. The third-order valence-corrected chi connectivity index (χ3v) is 5.87. The van der Waals surface area contributed by atoms with Crippen LogP contribution in [-0.2, 0) is 11.4 Å². The van der Waals surface area contributed by atoms with E-state index >= 15 is 0 Å². The largest absolute Gasteiger partial charge is 0.483 e. The number of rotatable bonds is 6. The van der Waals surface area contributed by atoms with Gasteiger partial charge >= 0.3 is 0 Å². The first-order chi connectivity index (χ1) is 14.2. The molecule has 1 saturated carbocycles. The molecule has 8 heteroatoms. The molecule has 0 radical (unpaired) electrons. The molecule has 30 heavy (non-hydrogen) atoms. The van der Waals surface area contributed by atoms with E-state index < -0.39 is 11.2 Å². The number of amides is 2. The van der Waals surface area contributed by atoms with Gasteiger partial charge in [-0.3, -0.25) is 9.59 Å². The maximum absolute atomic E-state index is 13.7. The summed E-state index contributed by atoms with van der Waals surface area (Å²) in [5.41, 5.74) is -0.174. The van der Waals surface area contributed by atoms with Crippen molar-refractivity contribution in [3.63, 3.8) is 0 Å². The highest BCUT2D eigenvalue weighted by Crippen LogP contribution is 2.22. The molecule has 6 nitrogen and oxygen atoms in total. The van der Waals surface area contributed by atoms with Gasteiger partial charge in [0, 0.05) is 22.9 Å². The molecule has 0 aliphatic heterocycles. The predicted octanol–water partition coefficient (Wildman–Crippen LogP) is 4.06. The highest BCUT2D eigenvalue weighted by molar-refractivity contribution is 7.09. The fourth-order valence-electron chi connectivity index (χ4n) is 3.29. The maximum atomic E-state index is 13.7. The summed E-state index contributed by atoms with van der Waals surface area (Å²) in [6, 6.07) is 5.95. The summed E-state index contributed by atoms with van der Waals surface area (Å²) < 4.78 is 19.1. The Labute approximate surface area is 180 Å². The minimum absolute atomic E-state index is 0.0186. The van der Waals surface area contributed by atoms with Crippen LogP contribution >= 0.6 is 11.3 Å². The zero-order valence-electron chi connectivity index (χ0n) is 17.5. The van der Waals surface area contributed by atoms with Crippen molar-refractivity contribution in [2.75, 3.05) is 0 Å². The SMILES string of the molecule is CC(C)(C)C(=O)N[C@H]1CCCC[C@@H]1NC(=O)c1csc(COc2ccccc2F)n1. The monoisotopic (exact) mass is 433 g/mol. The Kier molecular flexibility index (Phi) is 7.07. The first kappa shape index (κ1) is 22.2. The first-order valence-electron chi connectivity index (χ1n) is 10.2. The molecule has 2 atom stereocenters. The third-order valence-electron chi connectivity index (χ3n) is 5.05. The topological polar surface area (TPSA) is 80.3 Å². The molecule has 1 aromatic carbocycles. The molecular weight excluding hydrogens is 405 g/mol. The van der Waals surface area contributed by atoms with Crippen molar-refractivity contribution in [3.05, 3.63) is 46.2 Å². The van der Waals surface area contributed by atoms with Crippen LogP contribution in [0.15, 0.2) is 29.6 Å². The Morgan fingerprint density at radius 3 is 2.50 bits per heavy atom. The van der Waals surface area contributed by atoms with Crippen LogP contribution in [0.4, 0.5) is 4.39 Å². The van der Waals surface area contributed by atoms with Crippen molar-refractivity contribution in [1.29, 1.82) is 0 Å². The number of hydrogen-bond donors (Lipinski definition) is 2. The lowest BCUT2D eigenvalue weighted by molar-refractivity contribution is -0.129. The lowest BCUT2D eigenvalue weighted by Crippen LogP contribution is -2.55. The maximum Gasteiger partial charge on any atom is 0.271 e. The molecule has 2 aromatic rings. The van der Waals surface area contributed by atoms with Crippen molar-refractivity contribution < 1.29 is 18.7 Å². The Bertz CT molecular complexity index is 894. The van der Waals surface area contributed by atoms with Crippen LogP contribution in [0.3, 0.4) is 0 Å². The summed E-state index contributed by atoms with van der Waals surface area (Å²) in [6.45, 7) is 5.71. The van der Waals surface area contributed by atoms with Gasteiger partial charge in [-0.1, -0.05) is 45.7 Å². The molecule has 1 heterocycles. The van der Waals surface area contributed by atoms with Crippen LogP contribution in [0, 0.1) is 11.2 Å². The third kappa shape index (κ3) is 5.78. The van der Waals surface area contributed by atoms with Crippen molar-refractivity contribution in [3.8, 4) is 5.75 Å². The Balaban J connectivity index is 1.58. The van der Waals surface area contributed by atoms with Crippen LogP contribution in [0.25, 0.3) is 0 Å². The van der Waals surface area contributed by atoms with E-state index in [9.17, 15) is 14.0 Å². The summed E-state index contributed by atoms with van der Waals surface area (Å²) >= 11 is 1.29. The van der Waals surface area contributed by atoms with E-state index in [1.54, 1.807) is 23.6 Å². The number of ether oxygens (including phenoxy) is 1. The van der Waals surface area contributed by atoms with Gasteiger partial charge in [-0.15, -0.1) is 11.3 Å². The average Bonchev–Trinajstić information content (AvgIpc) is 3.17. The molecular formula is C22H28FN3O3S. The number of thiazole rings is 1. The van der Waals surface area contributed by atoms with Crippen LogP contribution < -0.4 is 15.4 Å². The number of para-hydroxylation sites is 1. The fourth-order valence-corrected chi connectivity index (χ4v) is 3.97. The molecule has 0 saturated heterocycles. The molecule has 1 aliphatic rings. The van der Waals surface area contributed by atoms with E-state index in [0.717, 1.165) is 25.7 Å². The van der Waals surface area contributed by atoms with Crippen molar-refractivity contribution >= 4 is 23.2 Å². The second-order valence-electron chi connectivity index (χ2n) is 8.54. The molecule has 1 aromatic heterocycles. The molecule has 2 amide bonds. The molecule has 162 valence electrons. The minimum atomic E-state index is -0.478. The van der Waals surface area contributed by atoms with E-state index in [1.165, 1.54) is 17.4 Å². The molecule has 0 unspecified atom stereocenters. The standard InChI is InChI=1S/C22H28FN3O3S/c1-22(2,3)21(28)26-16-10-6-5-9-15(16)25-20(27)17-13-30-19(24-17)12-29-18-11-7-4-8-14(18)23/h4,7-8,11,13,15-16H,5-6,9-10,12H2,1-3H3,(H,25,27)(H,26,28)/t15-,16-/m0/s1. The van der Waals surface area contributed by atoms with Gasteiger partial charge in [0.15, 0.2) is 11.6 Å². The molecule has 3 rings (SSSR count). The van der Waals surface area contributed by atoms with Gasteiger partial charge in [-0.2, -0.15) is 0 Å².